The summed E-state index contributed by atoms with van der Waals surface area (Å²) in [5, 5.41) is 48.8. The van der Waals surface area contributed by atoms with E-state index in [-0.39, 0.29) is 25.7 Å². The Hall–Kier alpha value is -2.45. The van der Waals surface area contributed by atoms with Crippen LogP contribution in [0.1, 0.15) is 149 Å². The third-order valence-electron chi connectivity index (χ3n) is 9.01. The zero-order chi connectivity index (χ0) is 43.1. The Morgan fingerprint density at radius 2 is 1.14 bits per heavy atom. The summed E-state index contributed by atoms with van der Waals surface area (Å²) in [6.45, 7) is 1.85. The van der Waals surface area contributed by atoms with Gasteiger partial charge in [0.1, 0.15) is 12.7 Å². The predicted molar refractivity (Wildman–Crippen MR) is 228 cm³/mol. The third kappa shape index (κ3) is 36.6. The van der Waals surface area contributed by atoms with E-state index in [0.29, 0.717) is 6.42 Å². The number of aliphatic hydroxyl groups excluding tert-OH is 5. The number of aliphatic hydroxyl groups is 5. The van der Waals surface area contributed by atoms with Crippen molar-refractivity contribution >= 4 is 19.8 Å². The van der Waals surface area contributed by atoms with E-state index in [0.717, 1.165) is 64.2 Å². The van der Waals surface area contributed by atoms with E-state index in [2.05, 4.69) is 30.5 Å². The Bertz CT molecular complexity index is 1200. The normalized spacial score (nSPS) is 16.1. The number of hydrogen-bond donors (Lipinski definition) is 6. The molecule has 0 aromatic carbocycles. The first-order chi connectivity index (χ1) is 27.9. The molecule has 0 saturated carbocycles. The summed E-state index contributed by atoms with van der Waals surface area (Å²) < 4.78 is 32.4. The van der Waals surface area contributed by atoms with E-state index in [1.807, 2.05) is 0 Å². The van der Waals surface area contributed by atoms with Crippen LogP contribution in [0.15, 0.2) is 60.8 Å². The quantitative estimate of drug-likeness (QED) is 0.0114. The van der Waals surface area contributed by atoms with Crippen LogP contribution in [0.4, 0.5) is 0 Å². The zero-order valence-electron chi connectivity index (χ0n) is 35.3. The molecule has 0 aliphatic heterocycles. The molecule has 0 aromatic rings. The van der Waals surface area contributed by atoms with Gasteiger partial charge in [0.25, 0.3) is 0 Å². The number of allylic oxidation sites excluding steroid dienone is 8. The molecule has 6 atom stereocenters. The van der Waals surface area contributed by atoms with Gasteiger partial charge in [-0.3, -0.25) is 18.6 Å². The molecular formula is C44H77O13P. The van der Waals surface area contributed by atoms with Gasteiger partial charge in [-0.25, -0.2) is 4.57 Å². The number of carbonyl (C=O) groups excluding carboxylic acids is 2. The van der Waals surface area contributed by atoms with Gasteiger partial charge in [-0.1, -0.05) is 145 Å². The standard InChI is InChI=1S/C44H77O13P/c1-3-5-7-8-9-10-11-12-13-14-15-16-17-22-26-32-43(50)54-36-40(37-56-58(52,53)55-35-39(47)34-45)57-44(51)33-27-31-42(49)41(48)30-25-21-19-18-20-24-29-38(46)28-23-6-4-2/h12-13,18-21,24-25,29-30,38-42,45-49H,3-11,14-17,22-23,26-28,31-37H2,1-2H3,(H,52,53)/b13-12-,20-18-,21-19+,29-24+,30-25+/t38-,39-,40+,41-,42-/m0/s1. The first kappa shape index (κ1) is 55.5. The molecule has 6 N–H and O–H groups in total. The number of phosphoric ester groups is 1. The molecule has 58 heavy (non-hydrogen) atoms. The molecular weight excluding hydrogens is 767 g/mol. The van der Waals surface area contributed by atoms with Gasteiger partial charge in [0.05, 0.1) is 38.1 Å². The predicted octanol–water partition coefficient (Wildman–Crippen LogP) is 8.02. The molecule has 0 heterocycles. The summed E-state index contributed by atoms with van der Waals surface area (Å²) in [5.41, 5.74) is 0. The number of ether oxygens (including phenoxy) is 2. The van der Waals surface area contributed by atoms with E-state index in [1.54, 1.807) is 42.5 Å². The molecule has 14 heteroatoms. The molecule has 1 unspecified atom stereocenters. The maximum atomic E-state index is 12.6. The Balaban J connectivity index is 4.67. The van der Waals surface area contributed by atoms with E-state index in [1.165, 1.54) is 44.6 Å². The lowest BCUT2D eigenvalue weighted by atomic mass is 10.1. The van der Waals surface area contributed by atoms with Crippen LogP contribution in [0.25, 0.3) is 0 Å². The van der Waals surface area contributed by atoms with Crippen molar-refractivity contribution in [2.75, 3.05) is 26.4 Å². The number of hydrogen-bond acceptors (Lipinski definition) is 12. The number of esters is 2. The number of unbranched alkanes of at least 4 members (excludes halogenated alkanes) is 13. The molecule has 0 radical (unpaired) electrons. The Morgan fingerprint density at radius 3 is 1.78 bits per heavy atom. The van der Waals surface area contributed by atoms with Gasteiger partial charge < -0.3 is 39.9 Å². The summed E-state index contributed by atoms with van der Waals surface area (Å²) in [6, 6.07) is 0. The van der Waals surface area contributed by atoms with Crippen molar-refractivity contribution in [2.45, 2.75) is 179 Å². The van der Waals surface area contributed by atoms with Crippen molar-refractivity contribution in [3.05, 3.63) is 60.8 Å². The Morgan fingerprint density at radius 1 is 0.603 bits per heavy atom. The summed E-state index contributed by atoms with van der Waals surface area (Å²) in [5.74, 6) is -1.27. The largest absolute Gasteiger partial charge is 0.472 e. The molecule has 0 spiro atoms. The first-order valence-corrected chi connectivity index (χ1v) is 23.1. The lowest BCUT2D eigenvalue weighted by Gasteiger charge is -2.20. The second-order valence-electron chi connectivity index (χ2n) is 14.6. The van der Waals surface area contributed by atoms with Crippen molar-refractivity contribution in [2.24, 2.45) is 0 Å². The maximum absolute atomic E-state index is 12.6. The number of phosphoric acid groups is 1. The summed E-state index contributed by atoms with van der Waals surface area (Å²) >= 11 is 0. The van der Waals surface area contributed by atoms with Crippen LogP contribution in [0.2, 0.25) is 0 Å². The fraction of sp³-hybridized carbons (Fsp3) is 0.727. The smallest absolute Gasteiger partial charge is 0.462 e. The van der Waals surface area contributed by atoms with Crippen LogP contribution >= 0.6 is 7.82 Å². The third-order valence-corrected chi connectivity index (χ3v) is 9.96. The monoisotopic (exact) mass is 845 g/mol. The summed E-state index contributed by atoms with van der Waals surface area (Å²) in [4.78, 5) is 35.0. The molecule has 0 bridgehead atoms. The topological polar surface area (TPSA) is 210 Å². The summed E-state index contributed by atoms with van der Waals surface area (Å²) in [6.07, 6.45) is 31.2. The van der Waals surface area contributed by atoms with Gasteiger partial charge in [-0.15, -0.1) is 0 Å². The van der Waals surface area contributed by atoms with Gasteiger partial charge in [-0.2, -0.15) is 0 Å². The first-order valence-electron chi connectivity index (χ1n) is 21.6. The van der Waals surface area contributed by atoms with Gasteiger partial charge >= 0.3 is 19.8 Å². The van der Waals surface area contributed by atoms with E-state index >= 15 is 0 Å². The second kappa shape index (κ2) is 38.7. The molecule has 13 nitrogen and oxygen atoms in total. The van der Waals surface area contributed by atoms with Crippen LogP contribution in [0, 0.1) is 0 Å². The molecule has 0 rings (SSSR count). The minimum atomic E-state index is -4.72. The fourth-order valence-electron chi connectivity index (χ4n) is 5.49. The Kier molecular flexibility index (Phi) is 37.1. The highest BCUT2D eigenvalue weighted by Gasteiger charge is 2.27. The highest BCUT2D eigenvalue weighted by atomic mass is 31.2. The van der Waals surface area contributed by atoms with Crippen molar-refractivity contribution in [1.29, 1.82) is 0 Å². The van der Waals surface area contributed by atoms with Gasteiger partial charge in [0, 0.05) is 12.8 Å². The molecule has 0 fully saturated rings. The van der Waals surface area contributed by atoms with Crippen molar-refractivity contribution in [3.63, 3.8) is 0 Å². The summed E-state index contributed by atoms with van der Waals surface area (Å²) in [7, 11) is -4.72. The van der Waals surface area contributed by atoms with Crippen LogP contribution in [0.5, 0.6) is 0 Å². The molecule has 0 aliphatic carbocycles. The van der Waals surface area contributed by atoms with Crippen LogP contribution < -0.4 is 0 Å². The molecule has 336 valence electrons. The molecule has 0 amide bonds. The van der Waals surface area contributed by atoms with Crippen LogP contribution in [-0.2, 0) is 32.7 Å². The zero-order valence-corrected chi connectivity index (χ0v) is 36.2. The highest BCUT2D eigenvalue weighted by Crippen LogP contribution is 2.43. The van der Waals surface area contributed by atoms with E-state index in [9.17, 15) is 39.5 Å². The second-order valence-corrected chi connectivity index (χ2v) is 16.0. The Labute approximate surface area is 348 Å². The van der Waals surface area contributed by atoms with Crippen molar-refractivity contribution in [1.82, 2.24) is 0 Å². The van der Waals surface area contributed by atoms with E-state index in [4.69, 9.17) is 19.1 Å². The van der Waals surface area contributed by atoms with Gasteiger partial charge in [-0.05, 0) is 51.4 Å². The van der Waals surface area contributed by atoms with Crippen molar-refractivity contribution in [3.8, 4) is 0 Å². The molecule has 0 aromatic heterocycles. The van der Waals surface area contributed by atoms with E-state index < -0.39 is 76.7 Å². The van der Waals surface area contributed by atoms with Gasteiger partial charge in [0.2, 0.25) is 0 Å². The lowest BCUT2D eigenvalue weighted by molar-refractivity contribution is -0.161. The molecule has 0 aliphatic rings. The average Bonchev–Trinajstić information content (AvgIpc) is 3.20. The van der Waals surface area contributed by atoms with Crippen molar-refractivity contribution < 1.29 is 63.1 Å². The van der Waals surface area contributed by atoms with Gasteiger partial charge in [0.15, 0.2) is 6.10 Å². The fourth-order valence-corrected chi connectivity index (χ4v) is 6.28. The minimum Gasteiger partial charge on any atom is -0.462 e. The maximum Gasteiger partial charge on any atom is 0.472 e. The van der Waals surface area contributed by atoms with Crippen LogP contribution in [0.3, 0.4) is 0 Å². The number of carbonyl (C=O) groups is 2. The molecule has 0 saturated heterocycles. The average molecular weight is 845 g/mol. The van der Waals surface area contributed by atoms with Crippen LogP contribution in [-0.4, -0.2) is 99.3 Å². The lowest BCUT2D eigenvalue weighted by Crippen LogP contribution is -2.30. The number of rotatable bonds is 39. The SMILES string of the molecule is CCCCCCCC/C=C\CCCCCCCC(=O)OC[C@H](COP(=O)(O)OC[C@@H](O)CO)OC(=O)CCC[C@H](O)[C@@H](O)/C=C/C=C/C=C\C=C\[C@@H](O)CCCCC. The minimum absolute atomic E-state index is 0.0641. The highest BCUT2D eigenvalue weighted by molar-refractivity contribution is 7.47.